The van der Waals surface area contributed by atoms with Crippen LogP contribution in [0, 0.1) is 23.7 Å². The van der Waals surface area contributed by atoms with Crippen LogP contribution in [0.3, 0.4) is 0 Å². The predicted octanol–water partition coefficient (Wildman–Crippen LogP) is 4.66. The first-order valence-corrected chi connectivity index (χ1v) is 7.50. The highest BCUT2D eigenvalue weighted by atomic mass is 16.6. The molecule has 2 unspecified atom stereocenters. The van der Waals surface area contributed by atoms with Crippen LogP contribution >= 0.6 is 0 Å². The summed E-state index contributed by atoms with van der Waals surface area (Å²) in [4.78, 5) is 5.53. The van der Waals surface area contributed by atoms with Gasteiger partial charge in [-0.25, -0.2) is 0 Å². The number of hydrogen-bond acceptors (Lipinski definition) is 2. The Hall–Kier alpha value is -1.75. The Morgan fingerprint density at radius 1 is 1.15 bits per heavy atom. The number of oxime groups is 1. The van der Waals surface area contributed by atoms with Gasteiger partial charge in [-0.15, -0.1) is 5.92 Å². The van der Waals surface area contributed by atoms with E-state index in [2.05, 4.69) is 23.9 Å². The lowest BCUT2D eigenvalue weighted by molar-refractivity contribution is 0.332. The fraction of sp³-hybridized carbons (Fsp3) is 0.500. The average Bonchev–Trinajstić information content (AvgIpc) is 2.72. The third-order valence-corrected chi connectivity index (χ3v) is 3.92. The highest BCUT2D eigenvalue weighted by molar-refractivity contribution is 5.84. The summed E-state index contributed by atoms with van der Waals surface area (Å²) in [5.74, 6) is 8.11. The van der Waals surface area contributed by atoms with E-state index in [1.807, 2.05) is 37.3 Å². The van der Waals surface area contributed by atoms with E-state index in [-0.39, 0.29) is 0 Å². The topological polar surface area (TPSA) is 21.6 Å². The Bertz CT molecular complexity index is 495. The maximum absolute atomic E-state index is 5.53. The number of nitrogens with zero attached hydrogens (tertiary/aromatic N) is 1. The molecule has 0 spiro atoms. The lowest BCUT2D eigenvalue weighted by Crippen LogP contribution is -2.20. The molecular formula is C18H23NO. The van der Waals surface area contributed by atoms with Crippen LogP contribution in [0.2, 0.25) is 0 Å². The van der Waals surface area contributed by atoms with Gasteiger partial charge in [0.1, 0.15) is 0 Å². The summed E-state index contributed by atoms with van der Waals surface area (Å²) in [7, 11) is 0. The van der Waals surface area contributed by atoms with Gasteiger partial charge in [-0.2, -0.15) is 0 Å². The molecule has 20 heavy (non-hydrogen) atoms. The molecule has 0 aliphatic heterocycles. The Balaban J connectivity index is 2.07. The normalized spacial score (nSPS) is 23.4. The number of rotatable bonds is 3. The van der Waals surface area contributed by atoms with Crippen molar-refractivity contribution in [1.82, 2.24) is 0 Å². The van der Waals surface area contributed by atoms with Gasteiger partial charge in [0.25, 0.3) is 0 Å². The minimum atomic E-state index is 0.436. The molecule has 0 radical (unpaired) electrons. The van der Waals surface area contributed by atoms with Gasteiger partial charge >= 0.3 is 0 Å². The van der Waals surface area contributed by atoms with E-state index in [4.69, 9.17) is 4.84 Å². The summed E-state index contributed by atoms with van der Waals surface area (Å²) >= 11 is 0. The van der Waals surface area contributed by atoms with Gasteiger partial charge in [0.05, 0.1) is 5.71 Å². The Labute approximate surface area is 122 Å². The molecule has 0 amide bonds. The van der Waals surface area contributed by atoms with Crippen LogP contribution < -0.4 is 4.84 Å². The second kappa shape index (κ2) is 7.75. The highest BCUT2D eigenvalue weighted by Crippen LogP contribution is 2.29. The van der Waals surface area contributed by atoms with Crippen molar-refractivity contribution in [3.63, 3.8) is 0 Å². The number of para-hydroxylation sites is 1. The van der Waals surface area contributed by atoms with Crippen molar-refractivity contribution in [2.75, 3.05) is 0 Å². The van der Waals surface area contributed by atoms with Crippen molar-refractivity contribution in [2.45, 2.75) is 46.0 Å². The lowest BCUT2D eigenvalue weighted by Gasteiger charge is -2.20. The summed E-state index contributed by atoms with van der Waals surface area (Å²) in [5.41, 5.74) is 1.07. The van der Waals surface area contributed by atoms with E-state index in [0.717, 1.165) is 11.5 Å². The van der Waals surface area contributed by atoms with E-state index >= 15 is 0 Å². The van der Waals surface area contributed by atoms with E-state index in [9.17, 15) is 0 Å². The van der Waals surface area contributed by atoms with Crippen molar-refractivity contribution in [1.29, 1.82) is 0 Å². The molecule has 0 N–H and O–H groups in total. The van der Waals surface area contributed by atoms with Crippen LogP contribution in [0.15, 0.2) is 35.5 Å². The average molecular weight is 269 g/mol. The van der Waals surface area contributed by atoms with Gasteiger partial charge in [-0.05, 0) is 38.8 Å². The van der Waals surface area contributed by atoms with Crippen molar-refractivity contribution < 1.29 is 4.84 Å². The molecule has 2 atom stereocenters. The summed E-state index contributed by atoms with van der Waals surface area (Å²) < 4.78 is 0. The van der Waals surface area contributed by atoms with E-state index < -0.39 is 0 Å². The van der Waals surface area contributed by atoms with Gasteiger partial charge in [-0.1, -0.05) is 48.5 Å². The number of benzene rings is 1. The molecular weight excluding hydrogens is 246 g/mol. The molecule has 1 saturated carbocycles. The third-order valence-electron chi connectivity index (χ3n) is 3.92. The van der Waals surface area contributed by atoms with Gasteiger partial charge in [0.2, 0.25) is 0 Å². The minimum Gasteiger partial charge on any atom is -0.357 e. The highest BCUT2D eigenvalue weighted by Gasteiger charge is 2.25. The molecule has 1 aliphatic rings. The SMILES string of the molecule is CC#CC1CCCCCC1/C(C)=N/Oc1ccccc1. The van der Waals surface area contributed by atoms with Gasteiger partial charge < -0.3 is 4.84 Å². The largest absolute Gasteiger partial charge is 0.357 e. The molecule has 2 heteroatoms. The van der Waals surface area contributed by atoms with Crippen molar-refractivity contribution in [3.8, 4) is 17.6 Å². The molecule has 0 aromatic heterocycles. The monoisotopic (exact) mass is 269 g/mol. The Morgan fingerprint density at radius 3 is 2.65 bits per heavy atom. The van der Waals surface area contributed by atoms with Crippen LogP contribution in [0.4, 0.5) is 0 Å². The Kier molecular flexibility index (Phi) is 5.68. The zero-order chi connectivity index (χ0) is 14.2. The molecule has 1 fully saturated rings. The minimum absolute atomic E-state index is 0.436. The maximum Gasteiger partial charge on any atom is 0.157 e. The molecule has 106 valence electrons. The fourth-order valence-corrected chi connectivity index (χ4v) is 2.84. The second-order valence-corrected chi connectivity index (χ2v) is 5.38. The standard InChI is InChI=1S/C18H23NO/c1-3-10-16-11-6-4-9-14-18(16)15(2)19-20-17-12-7-5-8-13-17/h5,7-8,12-13,16,18H,4,6,9,11,14H2,1-2H3/b19-15+. The van der Waals surface area contributed by atoms with E-state index in [1.54, 1.807) is 0 Å². The van der Waals surface area contributed by atoms with Crippen LogP contribution in [-0.4, -0.2) is 5.71 Å². The van der Waals surface area contributed by atoms with Crippen LogP contribution in [-0.2, 0) is 0 Å². The summed E-state index contributed by atoms with van der Waals surface area (Å²) in [5, 5.41) is 4.34. The molecule has 2 nitrogen and oxygen atoms in total. The fourth-order valence-electron chi connectivity index (χ4n) is 2.84. The van der Waals surface area contributed by atoms with Gasteiger partial charge in [-0.3, -0.25) is 0 Å². The quantitative estimate of drug-likeness (QED) is 0.338. The van der Waals surface area contributed by atoms with E-state index in [1.165, 1.54) is 32.1 Å². The first-order valence-electron chi connectivity index (χ1n) is 7.50. The van der Waals surface area contributed by atoms with Crippen molar-refractivity contribution in [2.24, 2.45) is 17.0 Å². The molecule has 1 aromatic carbocycles. The molecule has 1 aromatic rings. The number of hydrogen-bond donors (Lipinski definition) is 0. The molecule has 0 heterocycles. The molecule has 0 saturated heterocycles. The van der Waals surface area contributed by atoms with Gasteiger partial charge in [0, 0.05) is 11.8 Å². The van der Waals surface area contributed by atoms with Gasteiger partial charge in [0.15, 0.2) is 5.75 Å². The first-order chi connectivity index (χ1) is 9.81. The predicted molar refractivity (Wildman–Crippen MR) is 83.7 cm³/mol. The van der Waals surface area contributed by atoms with Crippen molar-refractivity contribution in [3.05, 3.63) is 30.3 Å². The van der Waals surface area contributed by atoms with E-state index in [0.29, 0.717) is 11.8 Å². The summed E-state index contributed by atoms with van der Waals surface area (Å²) in [6, 6.07) is 9.73. The maximum atomic E-state index is 5.53. The summed E-state index contributed by atoms with van der Waals surface area (Å²) in [6.45, 7) is 4.00. The van der Waals surface area contributed by atoms with Crippen LogP contribution in [0.5, 0.6) is 5.75 Å². The third kappa shape index (κ3) is 4.13. The first kappa shape index (κ1) is 14.7. The zero-order valence-electron chi connectivity index (χ0n) is 12.4. The summed E-state index contributed by atoms with van der Waals surface area (Å²) in [6.07, 6.45) is 6.22. The lowest BCUT2D eigenvalue weighted by atomic mass is 9.85. The van der Waals surface area contributed by atoms with Crippen molar-refractivity contribution >= 4 is 5.71 Å². The molecule has 1 aliphatic carbocycles. The molecule has 0 bridgehead atoms. The smallest absolute Gasteiger partial charge is 0.157 e. The van der Waals surface area contributed by atoms with Crippen LogP contribution in [0.1, 0.15) is 46.0 Å². The second-order valence-electron chi connectivity index (χ2n) is 5.38. The zero-order valence-corrected chi connectivity index (χ0v) is 12.4. The van der Waals surface area contributed by atoms with Crippen LogP contribution in [0.25, 0.3) is 0 Å². The molecule has 2 rings (SSSR count). The Morgan fingerprint density at radius 2 is 1.90 bits per heavy atom.